The van der Waals surface area contributed by atoms with Gasteiger partial charge in [-0.25, -0.2) is 9.66 Å². The first-order valence-corrected chi connectivity index (χ1v) is 8.83. The van der Waals surface area contributed by atoms with Crippen LogP contribution in [0.25, 0.3) is 0 Å². The lowest BCUT2D eigenvalue weighted by atomic mass is 10.2. The number of methoxy groups -OCH3 is 1. The quantitative estimate of drug-likeness (QED) is 0.611. The first-order chi connectivity index (χ1) is 13.0. The minimum Gasteiger partial charge on any atom is -0.493 e. The summed E-state index contributed by atoms with van der Waals surface area (Å²) in [5.74, 6) is 1.34. The highest BCUT2D eigenvalue weighted by atomic mass is 35.5. The van der Waals surface area contributed by atoms with E-state index in [0.717, 1.165) is 11.3 Å². The van der Waals surface area contributed by atoms with Crippen molar-refractivity contribution < 1.29 is 9.47 Å². The van der Waals surface area contributed by atoms with Gasteiger partial charge in [-0.3, -0.25) is 0 Å². The van der Waals surface area contributed by atoms with Crippen LogP contribution in [0.5, 0.6) is 11.5 Å². The number of halogens is 2. The van der Waals surface area contributed by atoms with Crippen LogP contribution in [-0.4, -0.2) is 23.0 Å². The average Bonchev–Trinajstić information content (AvgIpc) is 2.97. The van der Waals surface area contributed by atoms with Crippen molar-refractivity contribution in [2.24, 2.45) is 5.10 Å². The number of hydrogen-bond acceptors (Lipinski definition) is 5. The SMILES string of the molecule is COc1cc(C=Nn2cc(C)nc2N)c(Cl)cc1OCc1ccccc1Cl. The summed E-state index contributed by atoms with van der Waals surface area (Å²) < 4.78 is 12.7. The molecular weight excluding hydrogens is 387 g/mol. The van der Waals surface area contributed by atoms with Gasteiger partial charge in [0.25, 0.3) is 0 Å². The molecule has 0 fully saturated rings. The average molecular weight is 405 g/mol. The van der Waals surface area contributed by atoms with Crippen LogP contribution >= 0.6 is 23.2 Å². The molecule has 1 aromatic heterocycles. The lowest BCUT2D eigenvalue weighted by Gasteiger charge is -2.13. The van der Waals surface area contributed by atoms with Crippen LogP contribution in [0, 0.1) is 6.92 Å². The summed E-state index contributed by atoms with van der Waals surface area (Å²) in [6.45, 7) is 2.13. The molecule has 0 atom stereocenters. The Morgan fingerprint density at radius 2 is 1.96 bits per heavy atom. The van der Waals surface area contributed by atoms with E-state index in [1.165, 1.54) is 4.68 Å². The molecule has 6 nitrogen and oxygen atoms in total. The van der Waals surface area contributed by atoms with E-state index < -0.39 is 0 Å². The van der Waals surface area contributed by atoms with E-state index in [0.29, 0.717) is 39.7 Å². The van der Waals surface area contributed by atoms with Gasteiger partial charge in [-0.2, -0.15) is 5.10 Å². The number of nitrogens with two attached hydrogens (primary N) is 1. The number of benzene rings is 2. The van der Waals surface area contributed by atoms with Gasteiger partial charge in [0.2, 0.25) is 5.95 Å². The second kappa shape index (κ2) is 8.33. The number of aromatic nitrogens is 2. The first-order valence-electron chi connectivity index (χ1n) is 8.07. The van der Waals surface area contributed by atoms with Gasteiger partial charge in [-0.15, -0.1) is 0 Å². The number of imidazole rings is 1. The third-order valence-electron chi connectivity index (χ3n) is 3.78. The van der Waals surface area contributed by atoms with Crippen LogP contribution in [0.4, 0.5) is 5.95 Å². The maximum Gasteiger partial charge on any atom is 0.221 e. The van der Waals surface area contributed by atoms with E-state index in [9.17, 15) is 0 Å². The molecule has 1 heterocycles. The normalized spacial score (nSPS) is 11.1. The number of anilines is 1. The van der Waals surface area contributed by atoms with Crippen molar-refractivity contribution in [1.29, 1.82) is 0 Å². The van der Waals surface area contributed by atoms with E-state index in [2.05, 4.69) is 10.1 Å². The standard InChI is InChI=1S/C19H18Cl2N4O2/c1-12-10-25(19(22)24-12)23-9-14-7-17(26-2)18(8-16(14)21)27-11-13-5-3-4-6-15(13)20/h3-10H,11H2,1-2H3,(H2,22,24). The van der Waals surface area contributed by atoms with Gasteiger partial charge in [0.15, 0.2) is 11.5 Å². The molecule has 2 aromatic carbocycles. The maximum absolute atomic E-state index is 6.37. The van der Waals surface area contributed by atoms with Crippen LogP contribution in [-0.2, 0) is 6.61 Å². The minimum atomic E-state index is 0.296. The van der Waals surface area contributed by atoms with E-state index in [-0.39, 0.29) is 0 Å². The number of ether oxygens (including phenoxy) is 2. The second-order valence-corrected chi connectivity index (χ2v) is 6.55. The number of nitrogen functional groups attached to an aromatic ring is 1. The Bertz CT molecular complexity index is 986. The smallest absolute Gasteiger partial charge is 0.221 e. The molecule has 2 N–H and O–H groups in total. The van der Waals surface area contributed by atoms with E-state index in [4.69, 9.17) is 38.4 Å². The Labute approximate surface area is 167 Å². The van der Waals surface area contributed by atoms with Crippen molar-refractivity contribution in [2.75, 3.05) is 12.8 Å². The van der Waals surface area contributed by atoms with Gasteiger partial charge in [0.05, 0.1) is 30.2 Å². The minimum absolute atomic E-state index is 0.296. The van der Waals surface area contributed by atoms with Gasteiger partial charge in [0.1, 0.15) is 6.61 Å². The van der Waals surface area contributed by atoms with E-state index >= 15 is 0 Å². The van der Waals surface area contributed by atoms with Crippen molar-refractivity contribution >= 4 is 35.4 Å². The summed E-state index contributed by atoms with van der Waals surface area (Å²) in [5.41, 5.74) is 8.08. The van der Waals surface area contributed by atoms with Gasteiger partial charge in [-0.1, -0.05) is 41.4 Å². The lowest BCUT2D eigenvalue weighted by Crippen LogP contribution is -2.00. The molecule has 3 rings (SSSR count). The largest absolute Gasteiger partial charge is 0.493 e. The Morgan fingerprint density at radius 3 is 2.63 bits per heavy atom. The molecule has 140 valence electrons. The molecule has 0 unspecified atom stereocenters. The fraction of sp³-hybridized carbons (Fsp3) is 0.158. The number of rotatable bonds is 6. The summed E-state index contributed by atoms with van der Waals surface area (Å²) in [6, 6.07) is 10.9. The van der Waals surface area contributed by atoms with Crippen molar-refractivity contribution in [3.8, 4) is 11.5 Å². The monoisotopic (exact) mass is 404 g/mol. The molecule has 0 radical (unpaired) electrons. The van der Waals surface area contributed by atoms with Crippen molar-refractivity contribution in [3.05, 3.63) is 69.5 Å². The fourth-order valence-electron chi connectivity index (χ4n) is 2.41. The molecule has 0 saturated heterocycles. The summed E-state index contributed by atoms with van der Waals surface area (Å²) in [6.07, 6.45) is 3.30. The molecule has 0 saturated carbocycles. The number of aryl methyl sites for hydroxylation is 1. The Morgan fingerprint density at radius 1 is 1.19 bits per heavy atom. The number of nitrogens with zero attached hydrogens (tertiary/aromatic N) is 3. The molecule has 0 aliphatic carbocycles. The molecule has 0 amide bonds. The van der Waals surface area contributed by atoms with Crippen LogP contribution in [0.1, 0.15) is 16.8 Å². The van der Waals surface area contributed by atoms with Gasteiger partial charge in [-0.05, 0) is 19.1 Å². The predicted molar refractivity (Wildman–Crippen MR) is 108 cm³/mol. The molecule has 0 spiro atoms. The van der Waals surface area contributed by atoms with Crippen molar-refractivity contribution in [1.82, 2.24) is 9.66 Å². The third-order valence-corrected chi connectivity index (χ3v) is 4.48. The van der Waals surface area contributed by atoms with E-state index in [1.807, 2.05) is 31.2 Å². The highest BCUT2D eigenvalue weighted by Gasteiger charge is 2.11. The lowest BCUT2D eigenvalue weighted by molar-refractivity contribution is 0.284. The van der Waals surface area contributed by atoms with Crippen LogP contribution < -0.4 is 15.2 Å². The van der Waals surface area contributed by atoms with Crippen LogP contribution in [0.3, 0.4) is 0 Å². The second-order valence-electron chi connectivity index (χ2n) is 5.73. The summed E-state index contributed by atoms with van der Waals surface area (Å²) in [4.78, 5) is 4.09. The highest BCUT2D eigenvalue weighted by Crippen LogP contribution is 2.33. The molecule has 27 heavy (non-hydrogen) atoms. The van der Waals surface area contributed by atoms with Crippen LogP contribution in [0.15, 0.2) is 47.7 Å². The van der Waals surface area contributed by atoms with Gasteiger partial charge >= 0.3 is 0 Å². The molecule has 3 aromatic rings. The zero-order valence-electron chi connectivity index (χ0n) is 14.8. The molecule has 0 aliphatic rings. The molecular formula is C19H18Cl2N4O2. The van der Waals surface area contributed by atoms with Crippen molar-refractivity contribution in [3.63, 3.8) is 0 Å². The van der Waals surface area contributed by atoms with E-state index in [1.54, 1.807) is 31.7 Å². The fourth-order valence-corrected chi connectivity index (χ4v) is 2.81. The predicted octanol–water partition coefficient (Wildman–Crippen LogP) is 4.55. The Balaban J connectivity index is 1.82. The van der Waals surface area contributed by atoms with Crippen molar-refractivity contribution in [2.45, 2.75) is 13.5 Å². The summed E-state index contributed by atoms with van der Waals surface area (Å²) in [5, 5.41) is 5.37. The zero-order valence-corrected chi connectivity index (χ0v) is 16.3. The summed E-state index contributed by atoms with van der Waals surface area (Å²) in [7, 11) is 1.56. The maximum atomic E-state index is 6.37. The highest BCUT2D eigenvalue weighted by molar-refractivity contribution is 6.33. The molecule has 8 heteroatoms. The number of hydrogen-bond donors (Lipinski definition) is 1. The summed E-state index contributed by atoms with van der Waals surface area (Å²) >= 11 is 12.5. The van der Waals surface area contributed by atoms with Gasteiger partial charge < -0.3 is 15.2 Å². The molecule has 0 bridgehead atoms. The Hall–Kier alpha value is -2.70. The topological polar surface area (TPSA) is 74.7 Å². The third kappa shape index (κ3) is 4.53. The first kappa shape index (κ1) is 19.1. The van der Waals surface area contributed by atoms with Crippen LogP contribution in [0.2, 0.25) is 10.0 Å². The Kier molecular flexibility index (Phi) is 5.88. The zero-order chi connectivity index (χ0) is 19.4. The van der Waals surface area contributed by atoms with Gasteiger partial charge in [0, 0.05) is 22.2 Å². The molecule has 0 aliphatic heterocycles.